The van der Waals surface area contributed by atoms with Gasteiger partial charge in [-0.05, 0) is 42.4 Å². The van der Waals surface area contributed by atoms with Gasteiger partial charge in [-0.15, -0.1) is 0 Å². The van der Waals surface area contributed by atoms with Gasteiger partial charge in [0, 0.05) is 17.5 Å². The first-order chi connectivity index (χ1) is 19.9. The first-order valence-electron chi connectivity index (χ1n) is 13.9. The second kappa shape index (κ2) is 14.7. The molecule has 0 unspecified atom stereocenters. The van der Waals surface area contributed by atoms with Gasteiger partial charge in [0.25, 0.3) is 0 Å². The summed E-state index contributed by atoms with van der Waals surface area (Å²) < 4.78 is 0. The molecular weight excluding hydrogens is 514 g/mol. The second-order valence-corrected chi connectivity index (χ2v) is 10.3. The van der Waals surface area contributed by atoms with Gasteiger partial charge in [0.1, 0.15) is 0 Å². The highest BCUT2D eigenvalue weighted by atomic mass is 16.4. The van der Waals surface area contributed by atoms with Gasteiger partial charge in [0.15, 0.2) is 5.78 Å². The van der Waals surface area contributed by atoms with Gasteiger partial charge in [-0.2, -0.15) is 0 Å². The van der Waals surface area contributed by atoms with E-state index in [1.54, 1.807) is 24.3 Å². The van der Waals surface area contributed by atoms with Gasteiger partial charge in [0.05, 0.1) is 18.1 Å². The SMILES string of the molecule is O=C(CCc1ccc(C(=O)c2ccccc2)cc1)N[C@@H](Cc1ccccc1)[C@H](O)C[C@@H](Cc1ccccc1)C(=O)O. The van der Waals surface area contributed by atoms with Crippen LogP contribution in [0, 0.1) is 5.92 Å². The number of aryl methyl sites for hydroxylation is 1. The van der Waals surface area contributed by atoms with Crippen molar-refractivity contribution in [3.05, 3.63) is 143 Å². The van der Waals surface area contributed by atoms with Crippen molar-refractivity contribution in [2.45, 2.75) is 44.2 Å². The molecule has 0 aliphatic rings. The highest BCUT2D eigenvalue weighted by molar-refractivity contribution is 6.08. The number of carboxylic acids is 1. The van der Waals surface area contributed by atoms with Gasteiger partial charge in [-0.3, -0.25) is 14.4 Å². The molecule has 3 atom stereocenters. The molecule has 0 aliphatic heterocycles. The van der Waals surface area contributed by atoms with E-state index in [2.05, 4.69) is 5.32 Å². The zero-order chi connectivity index (χ0) is 29.0. The van der Waals surface area contributed by atoms with E-state index in [1.807, 2.05) is 91.0 Å². The number of nitrogens with one attached hydrogen (secondary N) is 1. The summed E-state index contributed by atoms with van der Waals surface area (Å²) in [7, 11) is 0. The maximum atomic E-state index is 13.0. The molecule has 4 rings (SSSR count). The summed E-state index contributed by atoms with van der Waals surface area (Å²) in [6.07, 6.45) is 0.289. The lowest BCUT2D eigenvalue weighted by molar-refractivity contribution is -0.143. The highest BCUT2D eigenvalue weighted by Crippen LogP contribution is 2.19. The van der Waals surface area contributed by atoms with Gasteiger partial charge in [-0.25, -0.2) is 0 Å². The number of aliphatic hydroxyl groups is 1. The Morgan fingerprint density at radius 2 is 1.15 bits per heavy atom. The van der Waals surface area contributed by atoms with Crippen molar-refractivity contribution in [3.63, 3.8) is 0 Å². The lowest BCUT2D eigenvalue weighted by Gasteiger charge is -2.27. The van der Waals surface area contributed by atoms with Crippen LogP contribution in [-0.2, 0) is 28.9 Å². The molecule has 0 radical (unpaired) electrons. The van der Waals surface area contributed by atoms with E-state index >= 15 is 0 Å². The van der Waals surface area contributed by atoms with Crippen molar-refractivity contribution in [2.75, 3.05) is 0 Å². The zero-order valence-corrected chi connectivity index (χ0v) is 22.9. The molecule has 6 nitrogen and oxygen atoms in total. The predicted molar refractivity (Wildman–Crippen MR) is 159 cm³/mol. The summed E-state index contributed by atoms with van der Waals surface area (Å²) >= 11 is 0. The number of rotatable bonds is 14. The summed E-state index contributed by atoms with van der Waals surface area (Å²) in [6.45, 7) is 0. The minimum atomic E-state index is -1.05. The van der Waals surface area contributed by atoms with Crippen LogP contribution in [0.1, 0.15) is 45.5 Å². The van der Waals surface area contributed by atoms with Crippen molar-refractivity contribution in [3.8, 4) is 0 Å². The van der Waals surface area contributed by atoms with Crippen LogP contribution in [-0.4, -0.2) is 40.0 Å². The second-order valence-electron chi connectivity index (χ2n) is 10.3. The van der Waals surface area contributed by atoms with E-state index in [0.29, 0.717) is 30.4 Å². The molecule has 0 saturated carbocycles. The Morgan fingerprint density at radius 1 is 0.634 bits per heavy atom. The lowest BCUT2D eigenvalue weighted by Crippen LogP contribution is -2.46. The number of hydrogen-bond acceptors (Lipinski definition) is 4. The van der Waals surface area contributed by atoms with Crippen LogP contribution in [0.4, 0.5) is 0 Å². The number of ketones is 1. The van der Waals surface area contributed by atoms with Crippen molar-refractivity contribution in [1.29, 1.82) is 0 Å². The number of benzene rings is 4. The first-order valence-corrected chi connectivity index (χ1v) is 13.9. The summed E-state index contributed by atoms with van der Waals surface area (Å²) in [5.74, 6) is -2.06. The van der Waals surface area contributed by atoms with Crippen molar-refractivity contribution in [1.82, 2.24) is 5.32 Å². The summed E-state index contributed by atoms with van der Waals surface area (Å²) in [4.78, 5) is 37.7. The Morgan fingerprint density at radius 3 is 1.71 bits per heavy atom. The van der Waals surface area contributed by atoms with Crippen LogP contribution >= 0.6 is 0 Å². The summed E-state index contributed by atoms with van der Waals surface area (Å²) in [5, 5.41) is 24.0. The molecule has 0 aromatic heterocycles. The minimum absolute atomic E-state index is 0.0128. The Bertz CT molecular complexity index is 1410. The van der Waals surface area contributed by atoms with Crippen LogP contribution in [0.2, 0.25) is 0 Å². The number of hydrogen-bond donors (Lipinski definition) is 3. The molecule has 0 bridgehead atoms. The maximum Gasteiger partial charge on any atom is 0.306 e. The molecule has 210 valence electrons. The van der Waals surface area contributed by atoms with E-state index < -0.39 is 24.0 Å². The Balaban J connectivity index is 1.38. The van der Waals surface area contributed by atoms with Gasteiger partial charge in [0.2, 0.25) is 5.91 Å². The minimum Gasteiger partial charge on any atom is -0.481 e. The smallest absolute Gasteiger partial charge is 0.306 e. The van der Waals surface area contributed by atoms with Crippen LogP contribution in [0.25, 0.3) is 0 Å². The van der Waals surface area contributed by atoms with Crippen molar-refractivity contribution >= 4 is 17.7 Å². The average molecular weight is 550 g/mol. The number of aliphatic hydroxyl groups excluding tert-OH is 1. The standard InChI is InChI=1S/C35H35NO5/c37-32(24-30(35(40)41)22-26-10-4-1-5-11-26)31(23-27-12-6-2-7-13-27)36-33(38)21-18-25-16-19-29(20-17-25)34(39)28-14-8-3-9-15-28/h1-17,19-20,30-32,37H,18,21-24H2,(H,36,38)(H,40,41)/t30-,31+,32-/m1/s1. The van der Waals surface area contributed by atoms with E-state index in [0.717, 1.165) is 16.7 Å². The molecule has 4 aromatic carbocycles. The van der Waals surface area contributed by atoms with E-state index in [1.165, 1.54) is 0 Å². The molecule has 0 aliphatic carbocycles. The molecule has 1 amide bonds. The summed E-state index contributed by atoms with van der Waals surface area (Å²) in [5.41, 5.74) is 3.94. The quantitative estimate of drug-likeness (QED) is 0.186. The largest absolute Gasteiger partial charge is 0.481 e. The van der Waals surface area contributed by atoms with Gasteiger partial charge >= 0.3 is 5.97 Å². The fourth-order valence-electron chi connectivity index (χ4n) is 4.89. The monoisotopic (exact) mass is 549 g/mol. The normalized spacial score (nSPS) is 13.1. The predicted octanol–water partition coefficient (Wildman–Crippen LogP) is 5.27. The van der Waals surface area contributed by atoms with E-state index in [4.69, 9.17) is 0 Å². The Labute approximate surface area is 240 Å². The van der Waals surface area contributed by atoms with E-state index in [-0.39, 0.29) is 24.5 Å². The van der Waals surface area contributed by atoms with Crippen LogP contribution < -0.4 is 5.32 Å². The number of carbonyl (C=O) groups excluding carboxylic acids is 2. The molecule has 6 heteroatoms. The zero-order valence-electron chi connectivity index (χ0n) is 22.9. The van der Waals surface area contributed by atoms with Crippen LogP contribution in [0.3, 0.4) is 0 Å². The van der Waals surface area contributed by atoms with Crippen molar-refractivity contribution in [2.24, 2.45) is 5.92 Å². The topological polar surface area (TPSA) is 104 Å². The third kappa shape index (κ3) is 8.98. The third-order valence-electron chi connectivity index (χ3n) is 7.20. The number of carboxylic acid groups (broad SMARTS) is 1. The Hall–Kier alpha value is -4.55. The fourth-order valence-corrected chi connectivity index (χ4v) is 4.89. The molecule has 0 heterocycles. The molecule has 0 fully saturated rings. The average Bonchev–Trinajstić information content (AvgIpc) is 3.00. The third-order valence-corrected chi connectivity index (χ3v) is 7.20. The number of amides is 1. The maximum absolute atomic E-state index is 13.0. The number of aliphatic carboxylic acids is 1. The van der Waals surface area contributed by atoms with Crippen LogP contribution in [0.15, 0.2) is 115 Å². The molecule has 0 spiro atoms. The van der Waals surface area contributed by atoms with E-state index in [9.17, 15) is 24.6 Å². The van der Waals surface area contributed by atoms with Gasteiger partial charge < -0.3 is 15.5 Å². The lowest BCUT2D eigenvalue weighted by atomic mass is 9.89. The summed E-state index contributed by atoms with van der Waals surface area (Å²) in [6, 6.07) is 34.5. The molecule has 0 saturated heterocycles. The molecular formula is C35H35NO5. The number of carbonyl (C=O) groups is 3. The fraction of sp³-hybridized carbons (Fsp3) is 0.229. The highest BCUT2D eigenvalue weighted by Gasteiger charge is 2.28. The molecule has 41 heavy (non-hydrogen) atoms. The van der Waals surface area contributed by atoms with Crippen molar-refractivity contribution < 1.29 is 24.6 Å². The molecule has 3 N–H and O–H groups in total. The Kier molecular flexibility index (Phi) is 10.6. The first kappa shape index (κ1) is 29.4. The van der Waals surface area contributed by atoms with Gasteiger partial charge in [-0.1, -0.05) is 115 Å². The van der Waals surface area contributed by atoms with Crippen LogP contribution in [0.5, 0.6) is 0 Å². The molecule has 4 aromatic rings.